The quantitative estimate of drug-likeness (QED) is 0.815. The number of hydrogen-bond acceptors (Lipinski definition) is 3. The summed E-state index contributed by atoms with van der Waals surface area (Å²) in [5.74, 6) is -0.190. The molecule has 0 bridgehead atoms. The summed E-state index contributed by atoms with van der Waals surface area (Å²) < 4.78 is 28.7. The van der Waals surface area contributed by atoms with E-state index >= 15 is 0 Å². The van der Waals surface area contributed by atoms with Crippen LogP contribution < -0.4 is 10.1 Å². The molecule has 1 N–H and O–H groups in total. The molecule has 2 aromatic carbocycles. The maximum atomic E-state index is 12.4. The molecule has 0 spiro atoms. The lowest BCUT2D eigenvalue weighted by Gasteiger charge is -2.28. The Morgan fingerprint density at radius 1 is 1.04 bits per heavy atom. The Bertz CT molecular complexity index is 702. The number of carbonyl (C=O) groups is 1. The second-order valence-electron chi connectivity index (χ2n) is 6.28. The van der Waals surface area contributed by atoms with Crippen LogP contribution in [0.3, 0.4) is 0 Å². The molecule has 0 aliphatic carbocycles. The van der Waals surface area contributed by atoms with Gasteiger partial charge in [-0.25, -0.2) is 0 Å². The third kappa shape index (κ3) is 4.79. The lowest BCUT2D eigenvalue weighted by atomic mass is 10.1. The van der Waals surface area contributed by atoms with Crippen molar-refractivity contribution in [2.45, 2.75) is 25.5 Å². The van der Waals surface area contributed by atoms with Gasteiger partial charge in [-0.3, -0.25) is 9.69 Å². The van der Waals surface area contributed by atoms with Gasteiger partial charge in [0.05, 0.1) is 6.04 Å². The molecule has 1 unspecified atom stereocenters. The van der Waals surface area contributed by atoms with E-state index in [1.165, 1.54) is 42.7 Å². The fourth-order valence-corrected chi connectivity index (χ4v) is 3.27. The Kier molecular flexibility index (Phi) is 6.17. The summed E-state index contributed by atoms with van der Waals surface area (Å²) >= 11 is 0. The highest BCUT2D eigenvalue weighted by Crippen LogP contribution is 2.24. The van der Waals surface area contributed by atoms with Crippen LogP contribution in [0, 0.1) is 0 Å². The first-order valence-electron chi connectivity index (χ1n) is 8.75. The molecule has 0 saturated carbocycles. The van der Waals surface area contributed by atoms with Crippen LogP contribution in [0.15, 0.2) is 54.6 Å². The number of alkyl halides is 2. The molecule has 1 atom stereocenters. The highest BCUT2D eigenvalue weighted by atomic mass is 19.3. The number of likely N-dealkylation sites (tertiary alicyclic amines) is 1. The molecule has 1 aliphatic heterocycles. The van der Waals surface area contributed by atoms with Crippen molar-refractivity contribution in [2.24, 2.45) is 0 Å². The Morgan fingerprint density at radius 3 is 2.31 bits per heavy atom. The first-order valence-corrected chi connectivity index (χ1v) is 8.75. The van der Waals surface area contributed by atoms with Gasteiger partial charge in [-0.15, -0.1) is 0 Å². The topological polar surface area (TPSA) is 41.6 Å². The minimum absolute atomic E-state index is 0.0378. The highest BCUT2D eigenvalue weighted by Gasteiger charge is 2.24. The predicted octanol–water partition coefficient (Wildman–Crippen LogP) is 3.85. The van der Waals surface area contributed by atoms with Crippen molar-refractivity contribution in [3.63, 3.8) is 0 Å². The van der Waals surface area contributed by atoms with E-state index in [-0.39, 0.29) is 17.7 Å². The van der Waals surface area contributed by atoms with Crippen LogP contribution in [0.25, 0.3) is 0 Å². The molecular weight excluding hydrogens is 338 g/mol. The predicted molar refractivity (Wildman–Crippen MR) is 95.4 cm³/mol. The molecule has 6 heteroatoms. The van der Waals surface area contributed by atoms with E-state index in [0.717, 1.165) is 13.1 Å². The Morgan fingerprint density at radius 2 is 1.69 bits per heavy atom. The molecule has 0 aromatic heterocycles. The number of rotatable bonds is 7. The van der Waals surface area contributed by atoms with E-state index in [2.05, 4.69) is 27.1 Å². The summed E-state index contributed by atoms with van der Waals surface area (Å²) in [5.41, 5.74) is 1.59. The molecule has 2 aromatic rings. The third-order valence-electron chi connectivity index (χ3n) is 4.56. The van der Waals surface area contributed by atoms with Crippen LogP contribution >= 0.6 is 0 Å². The van der Waals surface area contributed by atoms with Crippen molar-refractivity contribution in [3.8, 4) is 5.75 Å². The van der Waals surface area contributed by atoms with Gasteiger partial charge >= 0.3 is 6.61 Å². The standard InChI is InChI=1S/C20H22F2N2O2/c21-20(22)26-17-10-8-16(9-11-17)19(25)23-14-18(24-12-4-5-13-24)15-6-2-1-3-7-15/h1-3,6-11,18,20H,4-5,12-14H2,(H,23,25). The summed E-state index contributed by atoms with van der Waals surface area (Å²) in [5, 5.41) is 2.97. The van der Waals surface area contributed by atoms with E-state index in [1.807, 2.05) is 18.2 Å². The number of benzene rings is 2. The molecule has 0 radical (unpaired) electrons. The Hall–Kier alpha value is -2.47. The molecule has 4 nitrogen and oxygen atoms in total. The van der Waals surface area contributed by atoms with Gasteiger partial charge in [-0.2, -0.15) is 8.78 Å². The summed E-state index contributed by atoms with van der Waals surface area (Å²) in [6, 6.07) is 16.0. The number of ether oxygens (including phenoxy) is 1. The SMILES string of the molecule is O=C(NCC(c1ccccc1)N1CCCC1)c1ccc(OC(F)F)cc1. The zero-order valence-electron chi connectivity index (χ0n) is 14.4. The zero-order chi connectivity index (χ0) is 18.4. The lowest BCUT2D eigenvalue weighted by molar-refractivity contribution is -0.0498. The van der Waals surface area contributed by atoms with E-state index < -0.39 is 6.61 Å². The van der Waals surface area contributed by atoms with E-state index in [0.29, 0.717) is 12.1 Å². The lowest BCUT2D eigenvalue weighted by Crippen LogP contribution is -2.36. The summed E-state index contributed by atoms with van der Waals surface area (Å²) in [7, 11) is 0. The number of nitrogens with zero attached hydrogens (tertiary/aromatic N) is 1. The number of amides is 1. The molecule has 1 fully saturated rings. The summed E-state index contributed by atoms with van der Waals surface area (Å²) in [6.45, 7) is -0.329. The second kappa shape index (κ2) is 8.76. The fraction of sp³-hybridized carbons (Fsp3) is 0.350. The highest BCUT2D eigenvalue weighted by molar-refractivity contribution is 5.94. The second-order valence-corrected chi connectivity index (χ2v) is 6.28. The normalized spacial score (nSPS) is 15.8. The Labute approximate surface area is 151 Å². The van der Waals surface area contributed by atoms with E-state index in [4.69, 9.17) is 0 Å². The molecule has 1 aliphatic rings. The first kappa shape index (κ1) is 18.3. The molecule has 1 amide bonds. The zero-order valence-corrected chi connectivity index (χ0v) is 14.4. The number of carbonyl (C=O) groups excluding carboxylic acids is 1. The average molecular weight is 360 g/mol. The Balaban J connectivity index is 1.63. The maximum absolute atomic E-state index is 12.4. The van der Waals surface area contributed by atoms with Crippen molar-refractivity contribution in [3.05, 3.63) is 65.7 Å². The van der Waals surface area contributed by atoms with Gasteiger partial charge in [-0.05, 0) is 55.8 Å². The average Bonchev–Trinajstić information content (AvgIpc) is 3.17. The van der Waals surface area contributed by atoms with Gasteiger partial charge < -0.3 is 10.1 Å². The molecule has 138 valence electrons. The molecular formula is C20H22F2N2O2. The largest absolute Gasteiger partial charge is 0.435 e. The van der Waals surface area contributed by atoms with Crippen LogP contribution in [0.4, 0.5) is 8.78 Å². The summed E-state index contributed by atoms with van der Waals surface area (Å²) in [4.78, 5) is 14.8. The number of hydrogen-bond donors (Lipinski definition) is 1. The molecule has 3 rings (SSSR count). The number of halogens is 2. The van der Waals surface area contributed by atoms with Crippen molar-refractivity contribution in [1.82, 2.24) is 10.2 Å². The smallest absolute Gasteiger partial charge is 0.387 e. The monoisotopic (exact) mass is 360 g/mol. The van der Waals surface area contributed by atoms with Gasteiger partial charge in [0.25, 0.3) is 5.91 Å². The third-order valence-corrected chi connectivity index (χ3v) is 4.56. The van der Waals surface area contributed by atoms with Crippen molar-refractivity contribution < 1.29 is 18.3 Å². The van der Waals surface area contributed by atoms with Crippen molar-refractivity contribution in [1.29, 1.82) is 0 Å². The van der Waals surface area contributed by atoms with E-state index in [1.54, 1.807) is 0 Å². The van der Waals surface area contributed by atoms with Crippen molar-refractivity contribution in [2.75, 3.05) is 19.6 Å². The van der Waals surface area contributed by atoms with Gasteiger partial charge in [0.15, 0.2) is 0 Å². The molecule has 1 heterocycles. The maximum Gasteiger partial charge on any atom is 0.387 e. The molecule has 26 heavy (non-hydrogen) atoms. The van der Waals surface area contributed by atoms with Crippen molar-refractivity contribution >= 4 is 5.91 Å². The van der Waals surface area contributed by atoms with Gasteiger partial charge in [0.2, 0.25) is 0 Å². The van der Waals surface area contributed by atoms with Crippen LogP contribution in [-0.2, 0) is 0 Å². The van der Waals surface area contributed by atoms with Crippen LogP contribution in [-0.4, -0.2) is 37.1 Å². The van der Waals surface area contributed by atoms with Gasteiger partial charge in [0.1, 0.15) is 5.75 Å². The molecule has 1 saturated heterocycles. The van der Waals surface area contributed by atoms with Gasteiger partial charge in [-0.1, -0.05) is 30.3 Å². The van der Waals surface area contributed by atoms with E-state index in [9.17, 15) is 13.6 Å². The van der Waals surface area contributed by atoms with Crippen LogP contribution in [0.2, 0.25) is 0 Å². The first-order chi connectivity index (χ1) is 12.6. The minimum atomic E-state index is -2.87. The fourth-order valence-electron chi connectivity index (χ4n) is 3.27. The number of nitrogens with one attached hydrogen (secondary N) is 1. The minimum Gasteiger partial charge on any atom is -0.435 e. The van der Waals surface area contributed by atoms with Gasteiger partial charge in [0, 0.05) is 12.1 Å². The van der Waals surface area contributed by atoms with Crippen LogP contribution in [0.5, 0.6) is 5.75 Å². The van der Waals surface area contributed by atoms with Crippen LogP contribution in [0.1, 0.15) is 34.8 Å². The summed E-state index contributed by atoms with van der Waals surface area (Å²) in [6.07, 6.45) is 2.34.